The molecule has 1 saturated carbocycles. The van der Waals surface area contributed by atoms with Crippen molar-refractivity contribution < 1.29 is 21.9 Å². The molecule has 0 spiro atoms. The summed E-state index contributed by atoms with van der Waals surface area (Å²) in [5.41, 5.74) is 9.74. The number of nitrogens with zero attached hydrogens (tertiary/aromatic N) is 4. The summed E-state index contributed by atoms with van der Waals surface area (Å²) in [5, 5.41) is 4.05. The average molecular weight is 596 g/mol. The topological polar surface area (TPSA) is 112 Å². The predicted octanol–water partition coefficient (Wildman–Crippen LogP) is 4.81. The minimum absolute atomic E-state index is 0.0678. The zero-order valence-corrected chi connectivity index (χ0v) is 24.5. The van der Waals surface area contributed by atoms with Crippen LogP contribution in [-0.4, -0.2) is 58.8 Å². The van der Waals surface area contributed by atoms with Gasteiger partial charge >= 0.3 is 0 Å². The fourth-order valence-electron chi connectivity index (χ4n) is 7.00. The van der Waals surface area contributed by atoms with Crippen molar-refractivity contribution in [2.75, 3.05) is 19.5 Å². The van der Waals surface area contributed by atoms with Crippen molar-refractivity contribution in [3.05, 3.63) is 83.1 Å². The van der Waals surface area contributed by atoms with Crippen molar-refractivity contribution in [3.63, 3.8) is 0 Å². The van der Waals surface area contributed by atoms with Gasteiger partial charge in [-0.25, -0.2) is 26.7 Å². The smallest absolute Gasteiger partial charge is 0.152 e. The lowest BCUT2D eigenvalue weighted by atomic mass is 9.75. The zero-order chi connectivity index (χ0) is 29.6. The maximum Gasteiger partial charge on any atom is 0.152 e. The van der Waals surface area contributed by atoms with E-state index in [1.165, 1.54) is 18.4 Å². The number of hydrogen-bond acceptors (Lipinski definition) is 7. The van der Waals surface area contributed by atoms with Gasteiger partial charge in [0.1, 0.15) is 17.5 Å². The van der Waals surface area contributed by atoms with Crippen LogP contribution in [0.3, 0.4) is 0 Å². The molecule has 3 aromatic heterocycles. The second kappa shape index (κ2) is 11.4. The zero-order valence-electron chi connectivity index (χ0n) is 23.7. The molecule has 2 fully saturated rings. The van der Waals surface area contributed by atoms with E-state index in [1.54, 1.807) is 35.2 Å². The number of ether oxygens (including phenoxy) is 1. The molecule has 1 aromatic carbocycles. The van der Waals surface area contributed by atoms with Gasteiger partial charge in [-0.3, -0.25) is 4.98 Å². The number of nitrogens with two attached hydrogens (primary N) is 1. The molecule has 2 aliphatic rings. The summed E-state index contributed by atoms with van der Waals surface area (Å²) in [6.07, 6.45) is 9.55. The number of halogens is 2. The summed E-state index contributed by atoms with van der Waals surface area (Å²) < 4.78 is 62.4. The second-order valence-corrected chi connectivity index (χ2v) is 14.0. The van der Waals surface area contributed by atoms with Crippen molar-refractivity contribution in [3.8, 4) is 11.3 Å². The van der Waals surface area contributed by atoms with Crippen LogP contribution in [0.4, 0.5) is 8.78 Å². The number of sulfone groups is 1. The molecule has 0 bridgehead atoms. The van der Waals surface area contributed by atoms with Gasteiger partial charge in [-0.15, -0.1) is 0 Å². The van der Waals surface area contributed by atoms with Crippen molar-refractivity contribution in [1.29, 1.82) is 0 Å². The van der Waals surface area contributed by atoms with Crippen molar-refractivity contribution in [2.45, 2.75) is 62.2 Å². The van der Waals surface area contributed by atoms with Crippen molar-refractivity contribution in [1.82, 2.24) is 19.6 Å². The lowest BCUT2D eigenvalue weighted by molar-refractivity contribution is 0.0852. The number of rotatable bonds is 6. The van der Waals surface area contributed by atoms with Crippen LogP contribution in [-0.2, 0) is 21.0 Å². The van der Waals surface area contributed by atoms with Gasteiger partial charge < -0.3 is 10.5 Å². The highest BCUT2D eigenvalue weighted by atomic mass is 32.2. The van der Waals surface area contributed by atoms with Crippen LogP contribution in [0, 0.1) is 17.6 Å². The second-order valence-electron chi connectivity index (χ2n) is 11.8. The third-order valence-corrected chi connectivity index (χ3v) is 10.7. The fraction of sp³-hybridized carbons (Fsp3) is 0.452. The van der Waals surface area contributed by atoms with E-state index in [0.29, 0.717) is 49.4 Å². The lowest BCUT2D eigenvalue weighted by Gasteiger charge is -2.38. The van der Waals surface area contributed by atoms with Gasteiger partial charge in [-0.2, -0.15) is 5.10 Å². The van der Waals surface area contributed by atoms with Crippen LogP contribution in [0.1, 0.15) is 67.0 Å². The van der Waals surface area contributed by atoms with E-state index in [0.717, 1.165) is 24.0 Å². The third-order valence-electron chi connectivity index (χ3n) is 8.89. The van der Waals surface area contributed by atoms with Gasteiger partial charge in [0.05, 0.1) is 28.2 Å². The first kappa shape index (κ1) is 28.8. The van der Waals surface area contributed by atoms with Gasteiger partial charge in [0, 0.05) is 44.3 Å². The van der Waals surface area contributed by atoms with E-state index in [-0.39, 0.29) is 29.0 Å². The minimum atomic E-state index is -3.26. The Morgan fingerprint density at radius 3 is 2.48 bits per heavy atom. The first-order valence-corrected chi connectivity index (χ1v) is 16.3. The van der Waals surface area contributed by atoms with Crippen LogP contribution < -0.4 is 5.73 Å². The summed E-state index contributed by atoms with van der Waals surface area (Å²) in [6.45, 7) is 3.12. The molecular weight excluding hydrogens is 560 g/mol. The highest BCUT2D eigenvalue weighted by Crippen LogP contribution is 2.40. The molecule has 1 aliphatic heterocycles. The molecular formula is C31H35F2N5O3S. The molecule has 8 nitrogen and oxygen atoms in total. The molecule has 0 amide bonds. The summed E-state index contributed by atoms with van der Waals surface area (Å²) in [6, 6.07) is 7.69. The SMILES string of the molecule is C[C@H]1C[C@@H](c2ccncc2Cc2ncc3ccc(-c4c(F)cc(C5CCOCC5)cc4F)nn23)C[C@@H](N)[C@@H]1S(C)(=O)=O. The third kappa shape index (κ3) is 5.57. The lowest BCUT2D eigenvalue weighted by Crippen LogP contribution is -2.48. The Morgan fingerprint density at radius 2 is 1.79 bits per heavy atom. The van der Waals surface area contributed by atoms with Crippen LogP contribution >= 0.6 is 0 Å². The van der Waals surface area contributed by atoms with Crippen LogP contribution in [0.25, 0.3) is 16.8 Å². The Kier molecular flexibility index (Phi) is 7.84. The quantitative estimate of drug-likeness (QED) is 0.341. The highest BCUT2D eigenvalue weighted by Gasteiger charge is 2.40. The maximum atomic E-state index is 15.4. The number of fused-ring (bicyclic) bond motifs is 1. The van der Waals surface area contributed by atoms with Gasteiger partial charge in [0.25, 0.3) is 0 Å². The molecule has 4 atom stereocenters. The molecule has 222 valence electrons. The van der Waals surface area contributed by atoms with Gasteiger partial charge in [-0.05, 0) is 90.5 Å². The summed E-state index contributed by atoms with van der Waals surface area (Å²) in [5.74, 6) is -0.639. The Labute approximate surface area is 244 Å². The summed E-state index contributed by atoms with van der Waals surface area (Å²) in [7, 11) is -3.26. The Bertz CT molecular complexity index is 1690. The van der Waals surface area contributed by atoms with Crippen LogP contribution in [0.2, 0.25) is 0 Å². The summed E-state index contributed by atoms with van der Waals surface area (Å²) >= 11 is 0. The molecule has 2 N–H and O–H groups in total. The van der Waals surface area contributed by atoms with Gasteiger partial charge in [0.15, 0.2) is 9.84 Å². The van der Waals surface area contributed by atoms with Gasteiger partial charge in [0.2, 0.25) is 0 Å². The van der Waals surface area contributed by atoms with E-state index in [2.05, 4.69) is 15.1 Å². The standard InChI is InChI=1S/C31H35F2N5O3S/c1-18-11-21(14-27(34)31(18)42(2,39)40)24-5-8-35-16-22(24)15-29-36-17-23-3-4-28(37-38(23)29)30-25(32)12-20(13-26(30)33)19-6-9-41-10-7-19/h3-5,8,12-13,16-19,21,27,31H,6-7,9-11,14-15,34H2,1-2H3/t18-,21+,27+,31+/m0/s1. The van der Waals surface area contributed by atoms with E-state index < -0.39 is 32.8 Å². The van der Waals surface area contributed by atoms with Crippen LogP contribution in [0.15, 0.2) is 48.9 Å². The molecule has 11 heteroatoms. The fourth-order valence-corrected chi connectivity index (χ4v) is 8.70. The molecule has 0 radical (unpaired) electrons. The van der Waals surface area contributed by atoms with E-state index >= 15 is 8.78 Å². The monoisotopic (exact) mass is 595 g/mol. The highest BCUT2D eigenvalue weighted by molar-refractivity contribution is 7.91. The Balaban J connectivity index is 1.30. The molecule has 1 saturated heterocycles. The number of pyridine rings is 1. The van der Waals surface area contributed by atoms with E-state index in [9.17, 15) is 8.42 Å². The maximum absolute atomic E-state index is 15.4. The van der Waals surface area contributed by atoms with Crippen molar-refractivity contribution >= 4 is 15.4 Å². The molecule has 4 heterocycles. The molecule has 42 heavy (non-hydrogen) atoms. The number of imidazole rings is 1. The van der Waals surface area contributed by atoms with E-state index in [4.69, 9.17) is 10.5 Å². The number of aromatic nitrogens is 4. The van der Waals surface area contributed by atoms with Crippen molar-refractivity contribution in [2.24, 2.45) is 11.7 Å². The summed E-state index contributed by atoms with van der Waals surface area (Å²) in [4.78, 5) is 8.91. The molecule has 1 aliphatic carbocycles. The average Bonchev–Trinajstić information content (AvgIpc) is 3.34. The van der Waals surface area contributed by atoms with Crippen LogP contribution in [0.5, 0.6) is 0 Å². The Morgan fingerprint density at radius 1 is 1.05 bits per heavy atom. The van der Waals surface area contributed by atoms with E-state index in [1.807, 2.05) is 13.0 Å². The largest absolute Gasteiger partial charge is 0.381 e. The first-order valence-electron chi connectivity index (χ1n) is 14.4. The number of benzene rings is 1. The van der Waals surface area contributed by atoms with Gasteiger partial charge in [-0.1, -0.05) is 6.92 Å². The molecule has 6 rings (SSSR count). The number of hydrogen-bond donors (Lipinski definition) is 1. The molecule has 0 unspecified atom stereocenters. The molecule has 4 aromatic rings. The first-order chi connectivity index (χ1) is 20.1. The normalized spacial score (nSPS) is 23.8. The minimum Gasteiger partial charge on any atom is -0.381 e. The predicted molar refractivity (Wildman–Crippen MR) is 156 cm³/mol. The Hall–Kier alpha value is -3.28.